The summed E-state index contributed by atoms with van der Waals surface area (Å²) in [7, 11) is 0. The average Bonchev–Trinajstić information content (AvgIpc) is 3.17. The summed E-state index contributed by atoms with van der Waals surface area (Å²) in [6, 6.07) is 18.6. The third-order valence-corrected chi connectivity index (χ3v) is 6.48. The van der Waals surface area contributed by atoms with Crippen molar-refractivity contribution in [3.05, 3.63) is 65.7 Å². The highest BCUT2D eigenvalue weighted by Crippen LogP contribution is 2.31. The standard InChI is InChI=1S/C23H26N4OS/c1-3-27-21(18-11-5-4-6-12-18)25-26-23(27)29-16(2)22(28)24-20-15-9-13-17-10-7-8-14-19(17)20/h4-8,10-12,14,16,20H,3,9,13,15H2,1-2H3,(H,24,28)/t16-,20-/m0/s1. The zero-order valence-corrected chi connectivity index (χ0v) is 17.7. The molecule has 0 bridgehead atoms. The Morgan fingerprint density at radius 1 is 1.17 bits per heavy atom. The summed E-state index contributed by atoms with van der Waals surface area (Å²) in [6.45, 7) is 4.76. The van der Waals surface area contributed by atoms with Crippen LogP contribution in [0.2, 0.25) is 0 Å². The van der Waals surface area contributed by atoms with Gasteiger partial charge < -0.3 is 9.88 Å². The second-order valence-electron chi connectivity index (χ2n) is 7.33. The number of thioether (sulfide) groups is 1. The Morgan fingerprint density at radius 2 is 1.93 bits per heavy atom. The van der Waals surface area contributed by atoms with E-state index in [1.165, 1.54) is 22.9 Å². The third kappa shape index (κ3) is 4.22. The highest BCUT2D eigenvalue weighted by molar-refractivity contribution is 8.00. The molecule has 150 valence electrons. The van der Waals surface area contributed by atoms with Crippen LogP contribution >= 0.6 is 11.8 Å². The van der Waals surface area contributed by atoms with Crippen molar-refractivity contribution < 1.29 is 4.79 Å². The van der Waals surface area contributed by atoms with Gasteiger partial charge in [-0.25, -0.2) is 0 Å². The van der Waals surface area contributed by atoms with Crippen molar-refractivity contribution in [2.24, 2.45) is 0 Å². The van der Waals surface area contributed by atoms with Crippen molar-refractivity contribution >= 4 is 17.7 Å². The lowest BCUT2D eigenvalue weighted by molar-refractivity contribution is -0.121. The van der Waals surface area contributed by atoms with Gasteiger partial charge in [0.2, 0.25) is 5.91 Å². The molecule has 2 atom stereocenters. The number of nitrogens with zero attached hydrogens (tertiary/aromatic N) is 3. The number of aryl methyl sites for hydroxylation is 1. The van der Waals surface area contributed by atoms with Crippen molar-refractivity contribution in [1.82, 2.24) is 20.1 Å². The molecule has 0 spiro atoms. The number of benzene rings is 2. The fourth-order valence-electron chi connectivity index (χ4n) is 3.87. The van der Waals surface area contributed by atoms with Crippen LogP contribution in [0.25, 0.3) is 11.4 Å². The van der Waals surface area contributed by atoms with Crippen LogP contribution in [0.1, 0.15) is 43.9 Å². The molecule has 4 rings (SSSR count). The fourth-order valence-corrected chi connectivity index (χ4v) is 4.79. The first-order valence-electron chi connectivity index (χ1n) is 10.2. The maximum Gasteiger partial charge on any atom is 0.233 e. The lowest BCUT2D eigenvalue weighted by Crippen LogP contribution is -2.36. The molecule has 0 saturated heterocycles. The van der Waals surface area contributed by atoms with Gasteiger partial charge in [-0.2, -0.15) is 0 Å². The van der Waals surface area contributed by atoms with Crippen molar-refractivity contribution in [2.75, 3.05) is 0 Å². The van der Waals surface area contributed by atoms with E-state index >= 15 is 0 Å². The predicted octanol–water partition coefficient (Wildman–Crippen LogP) is 4.64. The van der Waals surface area contributed by atoms with Crippen molar-refractivity contribution in [1.29, 1.82) is 0 Å². The molecule has 5 nitrogen and oxygen atoms in total. The maximum absolute atomic E-state index is 12.9. The Labute approximate surface area is 175 Å². The quantitative estimate of drug-likeness (QED) is 0.606. The molecular formula is C23H26N4OS. The summed E-state index contributed by atoms with van der Waals surface area (Å²) in [5.41, 5.74) is 3.64. The Morgan fingerprint density at radius 3 is 2.72 bits per heavy atom. The van der Waals surface area contributed by atoms with Gasteiger partial charge in [0.15, 0.2) is 11.0 Å². The minimum absolute atomic E-state index is 0.0450. The second-order valence-corrected chi connectivity index (χ2v) is 8.64. The van der Waals surface area contributed by atoms with Crippen LogP contribution in [0, 0.1) is 0 Å². The number of hydrogen-bond donors (Lipinski definition) is 1. The number of carbonyl (C=O) groups excluding carboxylic acids is 1. The van der Waals surface area contributed by atoms with Gasteiger partial charge in [0.1, 0.15) is 0 Å². The van der Waals surface area contributed by atoms with E-state index in [0.717, 1.165) is 42.4 Å². The summed E-state index contributed by atoms with van der Waals surface area (Å²) in [4.78, 5) is 12.9. The van der Waals surface area contributed by atoms with Crippen LogP contribution < -0.4 is 5.32 Å². The van der Waals surface area contributed by atoms with Crippen LogP contribution in [0.4, 0.5) is 0 Å². The summed E-state index contributed by atoms with van der Waals surface area (Å²) >= 11 is 1.47. The fraction of sp³-hybridized carbons (Fsp3) is 0.348. The third-order valence-electron chi connectivity index (χ3n) is 5.40. The first-order chi connectivity index (χ1) is 14.2. The lowest BCUT2D eigenvalue weighted by atomic mass is 9.88. The Kier molecular flexibility index (Phi) is 6.00. The number of nitrogens with one attached hydrogen (secondary N) is 1. The molecule has 1 aromatic heterocycles. The number of aromatic nitrogens is 3. The molecule has 0 aliphatic heterocycles. The number of rotatable bonds is 6. The van der Waals surface area contributed by atoms with Crippen LogP contribution in [0.3, 0.4) is 0 Å². The molecule has 1 aliphatic rings. The van der Waals surface area contributed by atoms with E-state index in [9.17, 15) is 4.79 Å². The van der Waals surface area contributed by atoms with Crippen molar-refractivity contribution in [3.63, 3.8) is 0 Å². The number of amides is 1. The van der Waals surface area contributed by atoms with E-state index in [0.29, 0.717) is 0 Å². The zero-order chi connectivity index (χ0) is 20.2. The maximum atomic E-state index is 12.9. The monoisotopic (exact) mass is 406 g/mol. The van der Waals surface area contributed by atoms with Gasteiger partial charge in [-0.3, -0.25) is 4.79 Å². The molecule has 3 aromatic rings. The Hall–Kier alpha value is -2.60. The summed E-state index contributed by atoms with van der Waals surface area (Å²) in [5.74, 6) is 0.882. The van der Waals surface area contributed by atoms with Gasteiger partial charge in [-0.15, -0.1) is 10.2 Å². The van der Waals surface area contributed by atoms with E-state index in [1.807, 2.05) is 37.3 Å². The van der Waals surface area contributed by atoms with E-state index in [4.69, 9.17) is 0 Å². The van der Waals surface area contributed by atoms with Gasteiger partial charge in [0, 0.05) is 12.1 Å². The van der Waals surface area contributed by atoms with Crippen LogP contribution in [-0.2, 0) is 17.8 Å². The first kappa shape index (κ1) is 19.7. The molecule has 0 unspecified atom stereocenters. The van der Waals surface area contributed by atoms with Crippen molar-refractivity contribution in [2.45, 2.75) is 56.1 Å². The highest BCUT2D eigenvalue weighted by atomic mass is 32.2. The van der Waals surface area contributed by atoms with Gasteiger partial charge in [0.25, 0.3) is 0 Å². The molecule has 0 saturated carbocycles. The van der Waals surface area contributed by atoms with Crippen LogP contribution in [0.15, 0.2) is 59.8 Å². The highest BCUT2D eigenvalue weighted by Gasteiger charge is 2.25. The molecule has 29 heavy (non-hydrogen) atoms. The molecule has 1 heterocycles. The second kappa shape index (κ2) is 8.82. The van der Waals surface area contributed by atoms with E-state index in [2.05, 4.69) is 51.3 Å². The van der Waals surface area contributed by atoms with Crippen LogP contribution in [-0.4, -0.2) is 25.9 Å². The SMILES string of the molecule is CCn1c(S[C@@H](C)C(=O)N[C@H]2CCCc3ccccc32)nnc1-c1ccccc1. The zero-order valence-electron chi connectivity index (χ0n) is 16.8. The molecule has 2 aromatic carbocycles. The minimum Gasteiger partial charge on any atom is -0.348 e. The van der Waals surface area contributed by atoms with E-state index in [-0.39, 0.29) is 17.2 Å². The predicted molar refractivity (Wildman–Crippen MR) is 117 cm³/mol. The van der Waals surface area contributed by atoms with Gasteiger partial charge in [0.05, 0.1) is 11.3 Å². The minimum atomic E-state index is -0.248. The Balaban J connectivity index is 1.47. The Bertz CT molecular complexity index is 986. The molecule has 1 amide bonds. The van der Waals surface area contributed by atoms with Gasteiger partial charge >= 0.3 is 0 Å². The molecule has 0 radical (unpaired) electrons. The summed E-state index contributed by atoms with van der Waals surface area (Å²) < 4.78 is 2.07. The summed E-state index contributed by atoms with van der Waals surface area (Å²) in [5, 5.41) is 12.5. The first-order valence-corrected chi connectivity index (χ1v) is 11.1. The number of fused-ring (bicyclic) bond motifs is 1. The largest absolute Gasteiger partial charge is 0.348 e. The normalized spacial score (nSPS) is 16.8. The molecular weight excluding hydrogens is 380 g/mol. The van der Waals surface area contributed by atoms with Crippen LogP contribution in [0.5, 0.6) is 0 Å². The molecule has 6 heteroatoms. The number of carbonyl (C=O) groups is 1. The average molecular weight is 407 g/mol. The lowest BCUT2D eigenvalue weighted by Gasteiger charge is -2.27. The smallest absolute Gasteiger partial charge is 0.233 e. The topological polar surface area (TPSA) is 59.8 Å². The van der Waals surface area contributed by atoms with E-state index in [1.54, 1.807) is 0 Å². The van der Waals surface area contributed by atoms with Crippen molar-refractivity contribution in [3.8, 4) is 11.4 Å². The molecule has 1 N–H and O–H groups in total. The van der Waals surface area contributed by atoms with Gasteiger partial charge in [-0.05, 0) is 44.2 Å². The van der Waals surface area contributed by atoms with E-state index < -0.39 is 0 Å². The molecule has 0 fully saturated rings. The summed E-state index contributed by atoms with van der Waals surface area (Å²) in [6.07, 6.45) is 3.19. The van der Waals surface area contributed by atoms with Gasteiger partial charge in [-0.1, -0.05) is 66.4 Å². The molecule has 1 aliphatic carbocycles. The number of hydrogen-bond acceptors (Lipinski definition) is 4.